The molecule has 3 rings (SSSR count). The van der Waals surface area contributed by atoms with Crippen LogP contribution in [0.15, 0.2) is 41.5 Å². The van der Waals surface area contributed by atoms with Gasteiger partial charge in [-0.1, -0.05) is 23.5 Å². The van der Waals surface area contributed by atoms with Gasteiger partial charge in [-0.15, -0.1) is 0 Å². The van der Waals surface area contributed by atoms with E-state index >= 15 is 0 Å². The van der Waals surface area contributed by atoms with Crippen LogP contribution in [0.5, 0.6) is 0 Å². The molecule has 1 aliphatic heterocycles. The number of hydrogen-bond acceptors (Lipinski definition) is 6. The molecule has 1 aromatic carbocycles. The predicted octanol–water partition coefficient (Wildman–Crippen LogP) is 2.91. The Morgan fingerprint density at radius 3 is 3.05 bits per heavy atom. The molecule has 0 N–H and O–H groups in total. The van der Waals surface area contributed by atoms with Gasteiger partial charge in [0, 0.05) is 6.20 Å². The molecule has 2 heterocycles. The number of fused-ring (bicyclic) bond motifs is 1. The van der Waals surface area contributed by atoms with Crippen LogP contribution in [0.3, 0.4) is 0 Å². The molecule has 1 atom stereocenters. The molecular formula is C14H12N4OS. The van der Waals surface area contributed by atoms with E-state index in [1.165, 1.54) is 0 Å². The molecule has 0 spiro atoms. The average molecular weight is 284 g/mol. The highest BCUT2D eigenvalue weighted by molar-refractivity contribution is 7.22. The van der Waals surface area contributed by atoms with Crippen LogP contribution < -0.4 is 4.90 Å². The van der Waals surface area contributed by atoms with Crippen molar-refractivity contribution in [3.8, 4) is 6.07 Å². The van der Waals surface area contributed by atoms with Gasteiger partial charge in [0.05, 0.1) is 35.9 Å². The average Bonchev–Trinajstić information content (AvgIpc) is 2.90. The van der Waals surface area contributed by atoms with E-state index in [0.29, 0.717) is 12.4 Å². The van der Waals surface area contributed by atoms with Crippen LogP contribution in [0.25, 0.3) is 10.2 Å². The number of rotatable bonds is 2. The first-order valence-corrected chi connectivity index (χ1v) is 6.95. The summed E-state index contributed by atoms with van der Waals surface area (Å²) >= 11 is 1.56. The normalized spacial score (nSPS) is 17.9. The van der Waals surface area contributed by atoms with E-state index in [1.807, 2.05) is 35.2 Å². The third-order valence-corrected chi connectivity index (χ3v) is 4.04. The zero-order valence-electron chi connectivity index (χ0n) is 10.9. The number of aromatic nitrogens is 1. The smallest absolute Gasteiger partial charge is 0.298 e. The molecule has 0 saturated heterocycles. The summed E-state index contributed by atoms with van der Waals surface area (Å²) in [4.78, 5) is 10.7. The fourth-order valence-electron chi connectivity index (χ4n) is 2.09. The van der Waals surface area contributed by atoms with Gasteiger partial charge in [-0.2, -0.15) is 5.26 Å². The van der Waals surface area contributed by atoms with E-state index in [4.69, 9.17) is 10.00 Å². The number of nitriles is 1. The lowest BCUT2D eigenvalue weighted by Gasteiger charge is -2.29. The Kier molecular flexibility index (Phi) is 3.35. The fourth-order valence-corrected chi connectivity index (χ4v) is 3.10. The van der Waals surface area contributed by atoms with Crippen LogP contribution >= 0.6 is 11.3 Å². The molecule has 100 valence electrons. The molecule has 1 aromatic heterocycles. The Morgan fingerprint density at radius 2 is 2.30 bits per heavy atom. The molecule has 0 aliphatic carbocycles. The second-order valence-corrected chi connectivity index (χ2v) is 5.23. The molecule has 1 unspecified atom stereocenters. The molecule has 20 heavy (non-hydrogen) atoms. The largest absolute Gasteiger partial charge is 0.468 e. The highest BCUT2D eigenvalue weighted by Crippen LogP contribution is 2.31. The van der Waals surface area contributed by atoms with E-state index in [2.05, 4.69) is 16.0 Å². The summed E-state index contributed by atoms with van der Waals surface area (Å²) in [6, 6.07) is 10.5. The van der Waals surface area contributed by atoms with Crippen molar-refractivity contribution in [1.29, 1.82) is 5.26 Å². The first kappa shape index (κ1) is 12.6. The number of amidine groups is 1. The Hall–Kier alpha value is -2.39. The van der Waals surface area contributed by atoms with Crippen molar-refractivity contribution in [2.45, 2.75) is 12.5 Å². The lowest BCUT2D eigenvalue weighted by atomic mass is 10.2. The molecule has 6 heteroatoms. The van der Waals surface area contributed by atoms with Gasteiger partial charge in [0.1, 0.15) is 0 Å². The summed E-state index contributed by atoms with van der Waals surface area (Å²) in [5.74, 6) is 0. The summed E-state index contributed by atoms with van der Waals surface area (Å²) in [5.41, 5.74) is 0.938. The van der Waals surface area contributed by atoms with Gasteiger partial charge in [0.25, 0.3) is 6.02 Å². The van der Waals surface area contributed by atoms with Crippen molar-refractivity contribution in [3.63, 3.8) is 0 Å². The third kappa shape index (κ3) is 2.12. The van der Waals surface area contributed by atoms with Crippen molar-refractivity contribution in [2.75, 3.05) is 12.0 Å². The number of anilines is 1. The zero-order chi connectivity index (χ0) is 13.9. The second kappa shape index (κ2) is 5.31. The van der Waals surface area contributed by atoms with Gasteiger partial charge in [-0.05, 0) is 18.2 Å². The predicted molar refractivity (Wildman–Crippen MR) is 79.7 cm³/mol. The minimum Gasteiger partial charge on any atom is -0.468 e. The minimum atomic E-state index is -0.104. The number of hydrogen-bond donors (Lipinski definition) is 0. The SMILES string of the molecule is COC1=NC=CC(CC#N)N1c1nc2ccccc2s1. The van der Waals surface area contributed by atoms with Gasteiger partial charge in [-0.25, -0.2) is 9.98 Å². The third-order valence-electron chi connectivity index (χ3n) is 3.00. The molecule has 0 amide bonds. The van der Waals surface area contributed by atoms with Crippen LogP contribution in [-0.4, -0.2) is 24.2 Å². The van der Waals surface area contributed by atoms with Crippen molar-refractivity contribution < 1.29 is 4.74 Å². The summed E-state index contributed by atoms with van der Waals surface area (Å²) < 4.78 is 6.41. The van der Waals surface area contributed by atoms with E-state index in [9.17, 15) is 0 Å². The number of thiazole rings is 1. The number of para-hydroxylation sites is 1. The van der Waals surface area contributed by atoms with Gasteiger partial charge in [0.15, 0.2) is 5.13 Å². The molecule has 0 radical (unpaired) electrons. The van der Waals surface area contributed by atoms with Gasteiger partial charge in [0.2, 0.25) is 0 Å². The van der Waals surface area contributed by atoms with Gasteiger partial charge >= 0.3 is 0 Å². The fraction of sp³-hybridized carbons (Fsp3) is 0.214. The Bertz CT molecular complexity index is 695. The Labute approximate surface area is 120 Å². The second-order valence-electron chi connectivity index (χ2n) is 4.22. The number of nitrogens with zero attached hydrogens (tertiary/aromatic N) is 4. The van der Waals surface area contributed by atoms with Crippen molar-refractivity contribution >= 4 is 32.7 Å². The molecule has 0 fully saturated rings. The maximum absolute atomic E-state index is 8.97. The first-order valence-electron chi connectivity index (χ1n) is 6.13. The number of methoxy groups -OCH3 is 1. The van der Waals surface area contributed by atoms with Gasteiger partial charge < -0.3 is 4.74 Å². The van der Waals surface area contributed by atoms with Crippen molar-refractivity contribution in [3.05, 3.63) is 36.5 Å². The van der Waals surface area contributed by atoms with E-state index in [-0.39, 0.29) is 6.04 Å². The summed E-state index contributed by atoms with van der Waals surface area (Å²) in [6.45, 7) is 0. The monoisotopic (exact) mass is 284 g/mol. The lowest BCUT2D eigenvalue weighted by Crippen LogP contribution is -2.41. The molecule has 2 aromatic rings. The molecule has 5 nitrogen and oxygen atoms in total. The first-order chi connectivity index (χ1) is 9.83. The highest BCUT2D eigenvalue weighted by Gasteiger charge is 2.27. The Morgan fingerprint density at radius 1 is 1.45 bits per heavy atom. The maximum atomic E-state index is 8.97. The van der Waals surface area contributed by atoms with Crippen LogP contribution in [-0.2, 0) is 4.74 Å². The van der Waals surface area contributed by atoms with E-state index in [0.717, 1.165) is 15.3 Å². The number of benzene rings is 1. The topological polar surface area (TPSA) is 61.5 Å². The van der Waals surface area contributed by atoms with Gasteiger partial charge in [-0.3, -0.25) is 4.90 Å². The molecule has 0 bridgehead atoms. The quantitative estimate of drug-likeness (QED) is 0.850. The number of aliphatic imine (C=N–C) groups is 1. The van der Waals surface area contributed by atoms with Crippen molar-refractivity contribution in [2.24, 2.45) is 4.99 Å². The maximum Gasteiger partial charge on any atom is 0.298 e. The van der Waals surface area contributed by atoms with Crippen LogP contribution in [0.2, 0.25) is 0 Å². The summed E-state index contributed by atoms with van der Waals surface area (Å²) in [6.07, 6.45) is 3.91. The lowest BCUT2D eigenvalue weighted by molar-refractivity contribution is 0.385. The highest BCUT2D eigenvalue weighted by atomic mass is 32.1. The van der Waals surface area contributed by atoms with Crippen LogP contribution in [0, 0.1) is 11.3 Å². The standard InChI is InChI=1S/C14H12N4OS/c1-19-13-16-9-7-10(6-8-15)18(13)14-17-11-4-2-3-5-12(11)20-14/h2-5,7,9-10H,6H2,1H3. The minimum absolute atomic E-state index is 0.104. The molecule has 0 saturated carbocycles. The van der Waals surface area contributed by atoms with Crippen molar-refractivity contribution in [1.82, 2.24) is 4.98 Å². The van der Waals surface area contributed by atoms with Crippen LogP contribution in [0.4, 0.5) is 5.13 Å². The molecule has 1 aliphatic rings. The summed E-state index contributed by atoms with van der Waals surface area (Å²) in [7, 11) is 1.57. The number of ether oxygens (including phenoxy) is 1. The van der Waals surface area contributed by atoms with E-state index < -0.39 is 0 Å². The van der Waals surface area contributed by atoms with Crippen LogP contribution in [0.1, 0.15) is 6.42 Å². The van der Waals surface area contributed by atoms with E-state index in [1.54, 1.807) is 24.6 Å². The molecular weight excluding hydrogens is 272 g/mol. The zero-order valence-corrected chi connectivity index (χ0v) is 11.7. The summed E-state index contributed by atoms with van der Waals surface area (Å²) in [5, 5.41) is 9.76. The Balaban J connectivity index is 2.06.